The molecule has 0 radical (unpaired) electrons. The zero-order chi connectivity index (χ0) is 84.5. The van der Waals surface area contributed by atoms with Gasteiger partial charge in [-0.15, -0.1) is 0 Å². The van der Waals surface area contributed by atoms with Gasteiger partial charge in [-0.3, -0.25) is 0 Å². The molecule has 0 aliphatic heterocycles. The van der Waals surface area contributed by atoms with Crippen molar-refractivity contribution >= 4 is 121 Å². The summed E-state index contributed by atoms with van der Waals surface area (Å²) >= 11 is 0. The van der Waals surface area contributed by atoms with Crippen molar-refractivity contribution in [2.75, 3.05) is 9.80 Å². The summed E-state index contributed by atoms with van der Waals surface area (Å²) in [5.41, 5.74) is 34.6. The van der Waals surface area contributed by atoms with E-state index in [0.29, 0.717) is 0 Å². The molecule has 2 heterocycles. The smallest absolute Gasteiger partial charge is 0.159 e. The van der Waals surface area contributed by atoms with Crippen molar-refractivity contribution in [1.82, 2.24) is 0 Å². The first-order valence-electron chi connectivity index (χ1n) is 43.9. The Labute approximate surface area is 742 Å². The summed E-state index contributed by atoms with van der Waals surface area (Å²) in [6.07, 6.45) is 0. The van der Waals surface area contributed by atoms with Crippen molar-refractivity contribution < 1.29 is 8.83 Å². The van der Waals surface area contributed by atoms with E-state index >= 15 is 0 Å². The fourth-order valence-corrected chi connectivity index (χ4v) is 19.8. The number of hydrogen-bond acceptors (Lipinski definition) is 4. The maximum absolute atomic E-state index is 7.29. The van der Waals surface area contributed by atoms with Gasteiger partial charge in [0.15, 0.2) is 5.58 Å². The van der Waals surface area contributed by atoms with Crippen LogP contribution in [0.2, 0.25) is 0 Å². The molecule has 0 unspecified atom stereocenters. The predicted octanol–water partition coefficient (Wildman–Crippen LogP) is 35.4. The van der Waals surface area contributed by atoms with Crippen LogP contribution >= 0.6 is 0 Å². The third kappa shape index (κ3) is 13.2. The van der Waals surface area contributed by atoms with Crippen molar-refractivity contribution in [3.05, 3.63) is 485 Å². The number of rotatable bonds is 17. The molecule has 0 saturated heterocycles. The molecule has 598 valence electrons. The molecular formula is C124H80N2O2. The van der Waals surface area contributed by atoms with E-state index in [1.54, 1.807) is 0 Å². The quantitative estimate of drug-likeness (QED) is 0.0851. The van der Waals surface area contributed by atoms with Crippen molar-refractivity contribution in [2.24, 2.45) is 0 Å². The lowest BCUT2D eigenvalue weighted by atomic mass is 9.90. The Morgan fingerprint density at radius 3 is 0.875 bits per heavy atom. The number of anilines is 6. The van der Waals surface area contributed by atoms with Gasteiger partial charge in [-0.05, 0) is 199 Å². The maximum atomic E-state index is 7.29. The Bertz CT molecular complexity index is 8370. The van der Waals surface area contributed by atoms with Gasteiger partial charge >= 0.3 is 0 Å². The molecular weight excluding hydrogens is 1550 g/mol. The fraction of sp³-hybridized carbons (Fsp3) is 0. The predicted molar refractivity (Wildman–Crippen MR) is 540 cm³/mol. The summed E-state index contributed by atoms with van der Waals surface area (Å²) in [7, 11) is 0. The topological polar surface area (TPSA) is 32.8 Å². The molecule has 24 aromatic rings. The third-order valence-corrected chi connectivity index (χ3v) is 25.9. The van der Waals surface area contributed by atoms with E-state index < -0.39 is 0 Å². The number of nitrogens with zero attached hydrogens (tertiary/aromatic N) is 2. The highest BCUT2D eigenvalue weighted by molar-refractivity contribution is 6.25. The average molecular weight is 1630 g/mol. The van der Waals surface area contributed by atoms with Crippen LogP contribution < -0.4 is 9.80 Å². The molecule has 0 amide bonds. The van der Waals surface area contributed by atoms with Crippen LogP contribution in [-0.4, -0.2) is 0 Å². The molecule has 0 aliphatic carbocycles. The molecule has 0 atom stereocenters. The molecule has 0 fully saturated rings. The maximum Gasteiger partial charge on any atom is 0.159 e. The highest BCUT2D eigenvalue weighted by Crippen LogP contribution is 2.55. The van der Waals surface area contributed by atoms with Crippen molar-refractivity contribution in [1.29, 1.82) is 0 Å². The lowest BCUT2D eigenvalue weighted by Crippen LogP contribution is -2.12. The van der Waals surface area contributed by atoms with Gasteiger partial charge in [-0.2, -0.15) is 0 Å². The van der Waals surface area contributed by atoms with Crippen LogP contribution in [0.15, 0.2) is 494 Å². The van der Waals surface area contributed by atoms with Crippen molar-refractivity contribution in [3.63, 3.8) is 0 Å². The monoisotopic (exact) mass is 1630 g/mol. The molecule has 24 rings (SSSR count). The average Bonchev–Trinajstić information content (AvgIpc) is 1.05. The number of furan rings is 2. The second-order valence-corrected chi connectivity index (χ2v) is 33.2. The minimum Gasteiger partial charge on any atom is -0.455 e. The first-order valence-corrected chi connectivity index (χ1v) is 43.9. The molecule has 0 aliphatic rings. The molecule has 4 heteroatoms. The van der Waals surface area contributed by atoms with Crippen molar-refractivity contribution in [3.8, 4) is 122 Å². The van der Waals surface area contributed by atoms with Gasteiger partial charge in [-0.1, -0.05) is 419 Å². The van der Waals surface area contributed by atoms with E-state index in [-0.39, 0.29) is 0 Å². The lowest BCUT2D eigenvalue weighted by molar-refractivity contribution is 0.670. The standard InChI is InChI=1S/C124H80N2O2/c1-5-28-86(29-6-1)100-40-13-14-41-101(100)88-62-60-82(61-63-88)83-64-71-97(72-65-83)125(120-111-48-21-17-44-106(111)104-42-15-19-46-109(104)118(120)90-32-9-3-10-33-90)98-75-68-89(69-76-98)103-51-25-52-113-108-77-70-96(80-117(108)127-122(103)113)95-39-24-38-94(79-95)93-37-23-36-92(78-93)85-58-56-81(57-59-85)84-66-73-99(74-67-84)126(116-55-27-54-115-114-53-26-50-102(123(114)128-124(115)116)87-30-7-2-8-31-87)121-112-49-22-18-45-107(112)105-43-16-20-47-110(105)119(121)91-34-11-4-12-35-91/h1-80H. The Balaban J connectivity index is 0.533. The molecule has 4 nitrogen and oxygen atoms in total. The minimum absolute atomic E-state index is 0.822. The van der Waals surface area contributed by atoms with Gasteiger partial charge in [-0.25, -0.2) is 0 Å². The normalized spacial score (nSPS) is 11.6. The minimum atomic E-state index is 0.822. The fourth-order valence-electron chi connectivity index (χ4n) is 19.8. The van der Waals surface area contributed by atoms with Gasteiger partial charge < -0.3 is 18.6 Å². The van der Waals surface area contributed by atoms with Crippen LogP contribution in [0.4, 0.5) is 34.1 Å². The highest BCUT2D eigenvalue weighted by Gasteiger charge is 2.29. The zero-order valence-corrected chi connectivity index (χ0v) is 69.9. The van der Waals surface area contributed by atoms with Crippen molar-refractivity contribution in [2.45, 2.75) is 0 Å². The van der Waals surface area contributed by atoms with Crippen LogP contribution in [0.25, 0.3) is 209 Å². The molecule has 2 aromatic heterocycles. The second-order valence-electron chi connectivity index (χ2n) is 33.2. The molecule has 0 bridgehead atoms. The van der Waals surface area contributed by atoms with Gasteiger partial charge in [0.1, 0.15) is 16.7 Å². The molecule has 128 heavy (non-hydrogen) atoms. The second kappa shape index (κ2) is 31.8. The van der Waals surface area contributed by atoms with E-state index in [0.717, 1.165) is 183 Å². The Morgan fingerprint density at radius 1 is 0.141 bits per heavy atom. The summed E-state index contributed by atoms with van der Waals surface area (Å²) in [5, 5.41) is 13.8. The molecule has 0 spiro atoms. The van der Waals surface area contributed by atoms with E-state index in [1.165, 1.54) is 60.1 Å². The molecule has 0 N–H and O–H groups in total. The SMILES string of the molecule is c1ccc(-c2ccccc2-c2ccc(-c3ccc(N(c4ccc(-c5cccc6c5oc5cc(-c7cccc(-c8cccc(-c9ccc(-c%10ccc(N(c%11c(-c%12ccccc%12)c%12ccccc%12c%12ccccc%11%12)c%11cccc%12c%11oc%11c(-c%13ccccc%13)cccc%11%12)cc%10)cc9)c8)c7)ccc56)cc4)c4c(-c5ccccc5)c5ccccc5c5ccccc45)cc3)cc2)cc1. The van der Waals surface area contributed by atoms with Gasteiger partial charge in [0.2, 0.25) is 0 Å². The summed E-state index contributed by atoms with van der Waals surface area (Å²) in [5.74, 6) is 0. The summed E-state index contributed by atoms with van der Waals surface area (Å²) in [6, 6.07) is 177. The Morgan fingerprint density at radius 2 is 0.406 bits per heavy atom. The van der Waals surface area contributed by atoms with Gasteiger partial charge in [0.05, 0.1) is 17.1 Å². The van der Waals surface area contributed by atoms with Crippen LogP contribution in [0, 0.1) is 0 Å². The summed E-state index contributed by atoms with van der Waals surface area (Å²) in [6.45, 7) is 0. The number of fused-ring (bicyclic) bond motifs is 12. The molecule has 0 saturated carbocycles. The Kier molecular flexibility index (Phi) is 18.6. The lowest BCUT2D eigenvalue weighted by Gasteiger charge is -2.31. The van der Waals surface area contributed by atoms with Crippen LogP contribution in [0.5, 0.6) is 0 Å². The number of hydrogen-bond donors (Lipinski definition) is 0. The Hall–Kier alpha value is -16.9. The van der Waals surface area contributed by atoms with Gasteiger partial charge in [0, 0.05) is 71.6 Å². The summed E-state index contributed by atoms with van der Waals surface area (Å²) in [4.78, 5) is 4.92. The van der Waals surface area contributed by atoms with Crippen LogP contribution in [-0.2, 0) is 0 Å². The van der Waals surface area contributed by atoms with Crippen LogP contribution in [0.1, 0.15) is 0 Å². The third-order valence-electron chi connectivity index (χ3n) is 25.9. The summed E-state index contributed by atoms with van der Waals surface area (Å²) < 4.78 is 14.4. The van der Waals surface area contributed by atoms with E-state index in [2.05, 4.69) is 495 Å². The first-order chi connectivity index (χ1) is 63.5. The van der Waals surface area contributed by atoms with Gasteiger partial charge in [0.25, 0.3) is 0 Å². The van der Waals surface area contributed by atoms with E-state index in [4.69, 9.17) is 8.83 Å². The van der Waals surface area contributed by atoms with E-state index in [1.807, 2.05) is 0 Å². The molecule has 22 aromatic carbocycles. The zero-order valence-electron chi connectivity index (χ0n) is 69.9. The number of benzene rings is 22. The highest BCUT2D eigenvalue weighted by atomic mass is 16.3. The largest absolute Gasteiger partial charge is 0.455 e. The number of para-hydroxylation sites is 3. The van der Waals surface area contributed by atoms with Crippen LogP contribution in [0.3, 0.4) is 0 Å². The first kappa shape index (κ1) is 74.9. The van der Waals surface area contributed by atoms with E-state index in [9.17, 15) is 0 Å².